The molecule has 6 heteroatoms. The molecule has 0 bridgehead atoms. The normalized spacial score (nSPS) is 19.2. The lowest BCUT2D eigenvalue weighted by atomic mass is 9.99. The summed E-state index contributed by atoms with van der Waals surface area (Å²) in [5.41, 5.74) is 0.927. The zero-order valence-electron chi connectivity index (χ0n) is 13.5. The molecule has 0 unspecified atom stereocenters. The Morgan fingerprint density at radius 3 is 2.91 bits per heavy atom. The first-order chi connectivity index (χ1) is 11.1. The summed E-state index contributed by atoms with van der Waals surface area (Å²) in [5, 5.41) is 0.750. The molecule has 0 N–H and O–H groups in total. The Kier molecular flexibility index (Phi) is 4.73. The zero-order valence-corrected chi connectivity index (χ0v) is 14.3. The van der Waals surface area contributed by atoms with Gasteiger partial charge in [0.2, 0.25) is 5.91 Å². The van der Waals surface area contributed by atoms with Gasteiger partial charge in [0, 0.05) is 32.0 Å². The number of likely N-dealkylation sites (N-methyl/N-ethyl adjacent to an activating group) is 1. The predicted octanol–water partition coefficient (Wildman–Crippen LogP) is 2.56. The predicted molar refractivity (Wildman–Crippen MR) is 92.9 cm³/mol. The molecular formula is C17H21N3O2S. The molecule has 1 aromatic carbocycles. The summed E-state index contributed by atoms with van der Waals surface area (Å²) in [7, 11) is 0. The molecule has 122 valence electrons. The Labute approximate surface area is 139 Å². The van der Waals surface area contributed by atoms with Gasteiger partial charge in [0.1, 0.15) is 5.78 Å². The van der Waals surface area contributed by atoms with Crippen LogP contribution in [-0.2, 0) is 9.59 Å². The fraction of sp³-hybridized carbons (Fsp3) is 0.471. The van der Waals surface area contributed by atoms with E-state index in [1.54, 1.807) is 16.2 Å². The number of rotatable bonds is 4. The number of fused-ring (bicyclic) bond motifs is 1. The number of thiazole rings is 1. The lowest BCUT2D eigenvalue weighted by Crippen LogP contribution is -2.46. The number of carbonyl (C=O) groups excluding carboxylic acids is 2. The maximum Gasteiger partial charge on any atom is 0.242 e. The largest absolute Gasteiger partial charge is 0.299 e. The van der Waals surface area contributed by atoms with E-state index in [0.717, 1.165) is 15.3 Å². The van der Waals surface area contributed by atoms with Gasteiger partial charge in [0.25, 0.3) is 0 Å². The zero-order chi connectivity index (χ0) is 16.4. The number of piperidine rings is 1. The molecule has 2 heterocycles. The summed E-state index contributed by atoms with van der Waals surface area (Å²) < 4.78 is 1.09. The maximum absolute atomic E-state index is 12.7. The molecule has 0 radical (unpaired) electrons. The van der Waals surface area contributed by atoms with E-state index in [1.807, 2.05) is 38.1 Å². The summed E-state index contributed by atoms with van der Waals surface area (Å²) in [6.07, 6.45) is 0.543. The number of carbonyl (C=O) groups is 2. The van der Waals surface area contributed by atoms with E-state index < -0.39 is 0 Å². The molecule has 1 aliphatic heterocycles. The number of aromatic nitrogens is 1. The van der Waals surface area contributed by atoms with Crippen LogP contribution in [0.3, 0.4) is 0 Å². The van der Waals surface area contributed by atoms with Crippen LogP contribution < -0.4 is 4.90 Å². The van der Waals surface area contributed by atoms with Crippen LogP contribution in [0.2, 0.25) is 0 Å². The van der Waals surface area contributed by atoms with Crippen LogP contribution in [0, 0.1) is 5.92 Å². The SMILES string of the molecule is CCN(C(=O)CN1CCC(=O)[C@H](C)C1)c1nc2ccccc2s1. The van der Waals surface area contributed by atoms with Crippen molar-refractivity contribution >= 4 is 38.4 Å². The van der Waals surface area contributed by atoms with Crippen LogP contribution in [0.5, 0.6) is 0 Å². The number of para-hydroxylation sites is 1. The number of hydrogen-bond acceptors (Lipinski definition) is 5. The number of anilines is 1. The highest BCUT2D eigenvalue weighted by atomic mass is 32.1. The first kappa shape index (κ1) is 16.1. The van der Waals surface area contributed by atoms with Crippen molar-refractivity contribution < 1.29 is 9.59 Å². The van der Waals surface area contributed by atoms with Gasteiger partial charge < -0.3 is 0 Å². The molecule has 5 nitrogen and oxygen atoms in total. The van der Waals surface area contributed by atoms with Gasteiger partial charge in [-0.1, -0.05) is 30.4 Å². The van der Waals surface area contributed by atoms with Gasteiger partial charge >= 0.3 is 0 Å². The average Bonchev–Trinajstić information content (AvgIpc) is 2.95. The van der Waals surface area contributed by atoms with E-state index in [4.69, 9.17) is 0 Å². The molecule has 0 saturated carbocycles. The average molecular weight is 331 g/mol. The third-order valence-electron chi connectivity index (χ3n) is 4.25. The van der Waals surface area contributed by atoms with Crippen molar-refractivity contribution in [2.75, 3.05) is 31.1 Å². The van der Waals surface area contributed by atoms with Crippen LogP contribution in [0.1, 0.15) is 20.3 Å². The minimum absolute atomic E-state index is 0.0223. The highest BCUT2D eigenvalue weighted by Crippen LogP contribution is 2.28. The highest BCUT2D eigenvalue weighted by Gasteiger charge is 2.27. The molecule has 1 amide bonds. The molecule has 1 fully saturated rings. The van der Waals surface area contributed by atoms with Crippen molar-refractivity contribution in [3.05, 3.63) is 24.3 Å². The minimum atomic E-state index is 0.0223. The summed E-state index contributed by atoms with van der Waals surface area (Å²) in [4.78, 5) is 32.7. The van der Waals surface area contributed by atoms with Crippen LogP contribution in [0.4, 0.5) is 5.13 Å². The van der Waals surface area contributed by atoms with E-state index in [-0.39, 0.29) is 11.8 Å². The second kappa shape index (κ2) is 6.76. The maximum atomic E-state index is 12.7. The van der Waals surface area contributed by atoms with Crippen molar-refractivity contribution in [1.29, 1.82) is 0 Å². The smallest absolute Gasteiger partial charge is 0.242 e. The number of ketones is 1. The third-order valence-corrected chi connectivity index (χ3v) is 5.31. The van der Waals surface area contributed by atoms with Gasteiger partial charge in [0.05, 0.1) is 16.8 Å². The number of Topliss-reactive ketones (excluding diaryl/α,β-unsaturated/α-hetero) is 1. The molecular weight excluding hydrogens is 310 g/mol. The van der Waals surface area contributed by atoms with Crippen molar-refractivity contribution in [2.24, 2.45) is 5.92 Å². The molecule has 0 spiro atoms. The van der Waals surface area contributed by atoms with Gasteiger partial charge in [-0.3, -0.25) is 19.4 Å². The monoisotopic (exact) mass is 331 g/mol. The van der Waals surface area contributed by atoms with E-state index in [9.17, 15) is 9.59 Å². The number of nitrogens with zero attached hydrogens (tertiary/aromatic N) is 3. The summed E-state index contributed by atoms with van der Waals surface area (Å²) in [5.74, 6) is 0.370. The van der Waals surface area contributed by atoms with Gasteiger partial charge in [-0.05, 0) is 19.1 Å². The fourth-order valence-electron chi connectivity index (χ4n) is 2.91. The number of hydrogen-bond donors (Lipinski definition) is 0. The second-order valence-electron chi connectivity index (χ2n) is 5.95. The standard InChI is InChI=1S/C17H21N3O2S/c1-3-20(17-18-13-6-4-5-7-15(13)23-17)16(22)11-19-9-8-14(21)12(2)10-19/h4-7,12H,3,8-11H2,1-2H3/t12-/m1/s1. The first-order valence-corrected chi connectivity index (χ1v) is 8.81. The molecule has 1 atom stereocenters. The topological polar surface area (TPSA) is 53.5 Å². The Morgan fingerprint density at radius 1 is 1.43 bits per heavy atom. The molecule has 1 aliphatic rings. The number of benzene rings is 1. The van der Waals surface area contributed by atoms with Gasteiger partial charge in [-0.25, -0.2) is 4.98 Å². The van der Waals surface area contributed by atoms with Crippen LogP contribution in [0.25, 0.3) is 10.2 Å². The fourth-order valence-corrected chi connectivity index (χ4v) is 3.96. The molecule has 1 saturated heterocycles. The minimum Gasteiger partial charge on any atom is -0.299 e. The van der Waals surface area contributed by atoms with E-state index >= 15 is 0 Å². The summed E-state index contributed by atoms with van der Waals surface area (Å²) >= 11 is 1.54. The number of amides is 1. The van der Waals surface area contributed by atoms with E-state index in [0.29, 0.717) is 38.4 Å². The molecule has 0 aliphatic carbocycles. The van der Waals surface area contributed by atoms with Crippen molar-refractivity contribution in [3.63, 3.8) is 0 Å². The van der Waals surface area contributed by atoms with Gasteiger partial charge in [0.15, 0.2) is 5.13 Å². The van der Waals surface area contributed by atoms with Gasteiger partial charge in [-0.15, -0.1) is 0 Å². The first-order valence-electron chi connectivity index (χ1n) is 7.99. The Balaban J connectivity index is 1.72. The quantitative estimate of drug-likeness (QED) is 0.864. The highest BCUT2D eigenvalue weighted by molar-refractivity contribution is 7.22. The van der Waals surface area contributed by atoms with Crippen LogP contribution in [0.15, 0.2) is 24.3 Å². The Morgan fingerprint density at radius 2 is 2.22 bits per heavy atom. The van der Waals surface area contributed by atoms with Crippen LogP contribution >= 0.6 is 11.3 Å². The Bertz CT molecular complexity index is 694. The lowest BCUT2D eigenvalue weighted by molar-refractivity contribution is -0.128. The van der Waals surface area contributed by atoms with Crippen molar-refractivity contribution in [3.8, 4) is 0 Å². The molecule has 2 aromatic rings. The van der Waals surface area contributed by atoms with Crippen molar-refractivity contribution in [1.82, 2.24) is 9.88 Å². The summed E-state index contributed by atoms with van der Waals surface area (Å²) in [6, 6.07) is 7.92. The van der Waals surface area contributed by atoms with Crippen molar-refractivity contribution in [2.45, 2.75) is 20.3 Å². The molecule has 3 rings (SSSR count). The molecule has 1 aromatic heterocycles. The summed E-state index contributed by atoms with van der Waals surface area (Å²) in [6.45, 7) is 6.19. The molecule has 23 heavy (non-hydrogen) atoms. The van der Waals surface area contributed by atoms with E-state index in [2.05, 4.69) is 9.88 Å². The lowest BCUT2D eigenvalue weighted by Gasteiger charge is -2.30. The van der Waals surface area contributed by atoms with Gasteiger partial charge in [-0.2, -0.15) is 0 Å². The Hall–Kier alpha value is -1.79. The third kappa shape index (κ3) is 3.43. The van der Waals surface area contributed by atoms with E-state index in [1.165, 1.54) is 0 Å². The second-order valence-corrected chi connectivity index (χ2v) is 6.96. The number of likely N-dealkylation sites (tertiary alicyclic amines) is 1. The van der Waals surface area contributed by atoms with Crippen LogP contribution in [-0.4, -0.2) is 47.8 Å².